The summed E-state index contributed by atoms with van der Waals surface area (Å²) in [4.78, 5) is 4.60. The normalized spacial score (nSPS) is 14.6. The Balaban J connectivity index is 2.12. The molecule has 18 heavy (non-hydrogen) atoms. The number of pyridine rings is 1. The summed E-state index contributed by atoms with van der Waals surface area (Å²) in [5.74, 6) is 0. The van der Waals surface area contributed by atoms with Crippen molar-refractivity contribution in [2.45, 2.75) is 32.4 Å². The Bertz CT molecular complexity index is 521. The Morgan fingerprint density at radius 2 is 2.00 bits per heavy atom. The van der Waals surface area contributed by atoms with E-state index in [4.69, 9.17) is 0 Å². The first-order valence-corrected chi connectivity index (χ1v) is 6.37. The maximum Gasteiger partial charge on any atom is 0.0705 e. The molecule has 0 aliphatic heterocycles. The SMILES string of the molecule is CCC(C)(CO)NCc1ccc2ccccc2n1. The maximum absolute atomic E-state index is 9.35. The molecule has 0 fully saturated rings. The molecular formula is C15H20N2O. The van der Waals surface area contributed by atoms with Gasteiger partial charge >= 0.3 is 0 Å². The van der Waals surface area contributed by atoms with Crippen molar-refractivity contribution in [3.8, 4) is 0 Å². The first-order valence-electron chi connectivity index (χ1n) is 6.37. The van der Waals surface area contributed by atoms with Gasteiger partial charge < -0.3 is 10.4 Å². The molecule has 0 saturated carbocycles. The monoisotopic (exact) mass is 244 g/mol. The van der Waals surface area contributed by atoms with Crippen molar-refractivity contribution in [2.75, 3.05) is 6.61 Å². The van der Waals surface area contributed by atoms with E-state index in [0.29, 0.717) is 6.54 Å². The van der Waals surface area contributed by atoms with Gasteiger partial charge in [0.1, 0.15) is 0 Å². The number of hydrogen-bond acceptors (Lipinski definition) is 3. The number of nitrogens with one attached hydrogen (secondary N) is 1. The third kappa shape index (κ3) is 2.86. The number of rotatable bonds is 5. The van der Waals surface area contributed by atoms with E-state index in [1.807, 2.05) is 31.2 Å². The summed E-state index contributed by atoms with van der Waals surface area (Å²) in [5.41, 5.74) is 1.79. The molecule has 0 amide bonds. The Hall–Kier alpha value is -1.45. The lowest BCUT2D eigenvalue weighted by atomic mass is 10.0. The number of aliphatic hydroxyl groups is 1. The summed E-state index contributed by atoms with van der Waals surface area (Å²) in [6.07, 6.45) is 0.886. The van der Waals surface area contributed by atoms with E-state index >= 15 is 0 Å². The van der Waals surface area contributed by atoms with Crippen molar-refractivity contribution >= 4 is 10.9 Å². The van der Waals surface area contributed by atoms with Crippen LogP contribution in [-0.4, -0.2) is 22.2 Å². The van der Waals surface area contributed by atoms with E-state index in [2.05, 4.69) is 29.4 Å². The highest BCUT2D eigenvalue weighted by atomic mass is 16.3. The standard InChI is InChI=1S/C15H20N2O/c1-3-15(2,11-18)16-10-13-9-8-12-6-4-5-7-14(12)17-13/h4-9,16,18H,3,10-11H2,1-2H3. The second kappa shape index (κ2) is 5.46. The fourth-order valence-electron chi connectivity index (χ4n) is 1.80. The fraction of sp³-hybridized carbons (Fsp3) is 0.400. The molecule has 0 aliphatic carbocycles. The van der Waals surface area contributed by atoms with Crippen LogP contribution in [0.2, 0.25) is 0 Å². The zero-order valence-corrected chi connectivity index (χ0v) is 11.0. The van der Waals surface area contributed by atoms with Gasteiger partial charge in [-0.15, -0.1) is 0 Å². The minimum atomic E-state index is -0.229. The smallest absolute Gasteiger partial charge is 0.0705 e. The van der Waals surface area contributed by atoms with E-state index < -0.39 is 0 Å². The molecule has 3 nitrogen and oxygen atoms in total. The van der Waals surface area contributed by atoms with E-state index in [1.165, 1.54) is 0 Å². The second-order valence-electron chi connectivity index (χ2n) is 4.92. The van der Waals surface area contributed by atoms with Gasteiger partial charge in [-0.2, -0.15) is 0 Å². The number of nitrogens with zero attached hydrogens (tertiary/aromatic N) is 1. The summed E-state index contributed by atoms with van der Waals surface area (Å²) in [7, 11) is 0. The molecular weight excluding hydrogens is 224 g/mol. The first kappa shape index (κ1) is 13.0. The van der Waals surface area contributed by atoms with Gasteiger partial charge in [0, 0.05) is 17.5 Å². The van der Waals surface area contributed by atoms with E-state index in [-0.39, 0.29) is 12.1 Å². The molecule has 2 aromatic rings. The molecule has 96 valence electrons. The fourth-order valence-corrected chi connectivity index (χ4v) is 1.80. The van der Waals surface area contributed by atoms with Gasteiger partial charge in [0.15, 0.2) is 0 Å². The maximum atomic E-state index is 9.35. The molecule has 0 radical (unpaired) electrons. The zero-order chi connectivity index (χ0) is 13.0. The largest absolute Gasteiger partial charge is 0.394 e. The number of benzene rings is 1. The predicted molar refractivity (Wildman–Crippen MR) is 74.4 cm³/mol. The topological polar surface area (TPSA) is 45.1 Å². The highest BCUT2D eigenvalue weighted by molar-refractivity contribution is 5.78. The summed E-state index contributed by atoms with van der Waals surface area (Å²) >= 11 is 0. The van der Waals surface area contributed by atoms with E-state index in [9.17, 15) is 5.11 Å². The molecule has 2 N–H and O–H groups in total. The van der Waals surface area contributed by atoms with Crippen LogP contribution in [0.15, 0.2) is 36.4 Å². The molecule has 1 unspecified atom stereocenters. The Labute approximate surface area is 108 Å². The second-order valence-corrected chi connectivity index (χ2v) is 4.92. The van der Waals surface area contributed by atoms with Crippen LogP contribution in [-0.2, 0) is 6.54 Å². The summed E-state index contributed by atoms with van der Waals surface area (Å²) in [5, 5.41) is 13.9. The van der Waals surface area contributed by atoms with Gasteiger partial charge in [-0.3, -0.25) is 4.98 Å². The number of aromatic nitrogens is 1. The minimum absolute atomic E-state index is 0.136. The Morgan fingerprint density at radius 3 is 2.72 bits per heavy atom. The molecule has 0 saturated heterocycles. The van der Waals surface area contributed by atoms with Crippen LogP contribution < -0.4 is 5.32 Å². The third-order valence-corrected chi connectivity index (χ3v) is 3.48. The van der Waals surface area contributed by atoms with Gasteiger partial charge in [0.2, 0.25) is 0 Å². The van der Waals surface area contributed by atoms with E-state index in [0.717, 1.165) is 23.0 Å². The summed E-state index contributed by atoms with van der Waals surface area (Å²) in [6, 6.07) is 12.2. The molecule has 0 spiro atoms. The van der Waals surface area contributed by atoms with Crippen molar-refractivity contribution < 1.29 is 5.11 Å². The lowest BCUT2D eigenvalue weighted by molar-refractivity contribution is 0.168. The molecule has 1 heterocycles. The third-order valence-electron chi connectivity index (χ3n) is 3.48. The lowest BCUT2D eigenvalue weighted by Crippen LogP contribution is -2.44. The number of para-hydroxylation sites is 1. The Morgan fingerprint density at radius 1 is 1.22 bits per heavy atom. The van der Waals surface area contributed by atoms with Crippen LogP contribution >= 0.6 is 0 Å². The molecule has 3 heteroatoms. The molecule has 1 aromatic carbocycles. The Kier molecular flexibility index (Phi) is 3.94. The van der Waals surface area contributed by atoms with Gasteiger partial charge in [0.25, 0.3) is 0 Å². The predicted octanol–water partition coefficient (Wildman–Crippen LogP) is 2.49. The molecule has 0 aliphatic rings. The van der Waals surface area contributed by atoms with Crippen LogP contribution in [0.3, 0.4) is 0 Å². The summed E-state index contributed by atoms with van der Waals surface area (Å²) in [6.45, 7) is 4.90. The van der Waals surface area contributed by atoms with Gasteiger partial charge in [-0.1, -0.05) is 31.2 Å². The zero-order valence-electron chi connectivity index (χ0n) is 11.0. The molecule has 1 aromatic heterocycles. The van der Waals surface area contributed by atoms with Gasteiger partial charge in [-0.25, -0.2) is 0 Å². The molecule has 1 atom stereocenters. The number of fused-ring (bicyclic) bond motifs is 1. The van der Waals surface area contributed by atoms with E-state index in [1.54, 1.807) is 0 Å². The highest BCUT2D eigenvalue weighted by Gasteiger charge is 2.19. The molecule has 2 rings (SSSR count). The highest BCUT2D eigenvalue weighted by Crippen LogP contribution is 2.13. The van der Waals surface area contributed by atoms with Crippen molar-refractivity contribution in [1.29, 1.82) is 0 Å². The number of aliphatic hydroxyl groups excluding tert-OH is 1. The molecule has 0 bridgehead atoms. The van der Waals surface area contributed by atoms with Crippen LogP contribution in [0.4, 0.5) is 0 Å². The average molecular weight is 244 g/mol. The first-order chi connectivity index (χ1) is 8.67. The van der Waals surface area contributed by atoms with Crippen LogP contribution in [0.1, 0.15) is 26.0 Å². The lowest BCUT2D eigenvalue weighted by Gasteiger charge is -2.27. The summed E-state index contributed by atoms with van der Waals surface area (Å²) < 4.78 is 0. The van der Waals surface area contributed by atoms with Crippen molar-refractivity contribution in [3.05, 3.63) is 42.1 Å². The van der Waals surface area contributed by atoms with Crippen molar-refractivity contribution in [3.63, 3.8) is 0 Å². The van der Waals surface area contributed by atoms with Crippen LogP contribution in [0.5, 0.6) is 0 Å². The van der Waals surface area contributed by atoms with Crippen LogP contribution in [0.25, 0.3) is 10.9 Å². The van der Waals surface area contributed by atoms with Gasteiger partial charge in [-0.05, 0) is 25.5 Å². The quantitative estimate of drug-likeness (QED) is 0.849. The van der Waals surface area contributed by atoms with Gasteiger partial charge in [0.05, 0.1) is 17.8 Å². The van der Waals surface area contributed by atoms with Crippen molar-refractivity contribution in [2.24, 2.45) is 0 Å². The average Bonchev–Trinajstić information content (AvgIpc) is 2.44. The van der Waals surface area contributed by atoms with Crippen molar-refractivity contribution in [1.82, 2.24) is 10.3 Å². The van der Waals surface area contributed by atoms with Crippen LogP contribution in [0, 0.1) is 0 Å². The minimum Gasteiger partial charge on any atom is -0.394 e. The number of hydrogen-bond donors (Lipinski definition) is 2.